The van der Waals surface area contributed by atoms with Gasteiger partial charge in [0.15, 0.2) is 13.1 Å². The third-order valence-electron chi connectivity index (χ3n) is 3.85. The SMILES string of the molecule is C[NH+](CC(=O)NCCOc1ccc(C(C)(C)C)cc1)CC(=O)NC(C)(C)C. The van der Waals surface area contributed by atoms with Gasteiger partial charge >= 0.3 is 0 Å². The van der Waals surface area contributed by atoms with Crippen LogP contribution in [-0.2, 0) is 15.0 Å². The predicted molar refractivity (Wildman–Crippen MR) is 108 cm³/mol. The quantitative estimate of drug-likeness (QED) is 0.589. The van der Waals surface area contributed by atoms with Crippen LogP contribution in [-0.4, -0.2) is 50.6 Å². The molecule has 0 spiro atoms. The van der Waals surface area contributed by atoms with Crippen LogP contribution >= 0.6 is 0 Å². The van der Waals surface area contributed by atoms with E-state index in [9.17, 15) is 9.59 Å². The summed E-state index contributed by atoms with van der Waals surface area (Å²) in [5, 5.41) is 5.72. The molecular formula is C21H36N3O3+. The zero-order chi connectivity index (χ0) is 20.7. The number of amides is 2. The maximum Gasteiger partial charge on any atom is 0.275 e. The van der Waals surface area contributed by atoms with Crippen LogP contribution in [0, 0.1) is 0 Å². The molecule has 1 aromatic carbocycles. The van der Waals surface area contributed by atoms with Crippen LogP contribution in [0.5, 0.6) is 5.75 Å². The Morgan fingerprint density at radius 2 is 1.52 bits per heavy atom. The molecule has 1 unspecified atom stereocenters. The maximum absolute atomic E-state index is 12.0. The number of hydrogen-bond donors (Lipinski definition) is 3. The van der Waals surface area contributed by atoms with Crippen LogP contribution in [0.4, 0.5) is 0 Å². The van der Waals surface area contributed by atoms with Gasteiger partial charge in [-0.25, -0.2) is 0 Å². The van der Waals surface area contributed by atoms with E-state index in [1.807, 2.05) is 40.0 Å². The molecule has 1 aromatic rings. The van der Waals surface area contributed by atoms with Gasteiger partial charge in [-0.1, -0.05) is 32.9 Å². The Hall–Kier alpha value is -2.08. The van der Waals surface area contributed by atoms with Crippen LogP contribution in [0.15, 0.2) is 24.3 Å². The van der Waals surface area contributed by atoms with Gasteiger partial charge in [-0.3, -0.25) is 9.59 Å². The second-order valence-electron chi connectivity index (χ2n) is 9.08. The molecule has 0 bridgehead atoms. The summed E-state index contributed by atoms with van der Waals surface area (Å²) in [6.07, 6.45) is 0. The van der Waals surface area contributed by atoms with E-state index in [4.69, 9.17) is 4.74 Å². The van der Waals surface area contributed by atoms with Crippen molar-refractivity contribution in [1.82, 2.24) is 10.6 Å². The molecule has 0 aromatic heterocycles. The summed E-state index contributed by atoms with van der Waals surface area (Å²) in [6.45, 7) is 13.7. The van der Waals surface area contributed by atoms with Crippen LogP contribution in [0.2, 0.25) is 0 Å². The van der Waals surface area contributed by atoms with Gasteiger partial charge in [0.2, 0.25) is 0 Å². The summed E-state index contributed by atoms with van der Waals surface area (Å²) in [4.78, 5) is 24.7. The van der Waals surface area contributed by atoms with Gasteiger partial charge in [0.05, 0.1) is 13.6 Å². The lowest BCUT2D eigenvalue weighted by atomic mass is 9.87. The van der Waals surface area contributed by atoms with Gasteiger partial charge < -0.3 is 20.3 Å². The van der Waals surface area contributed by atoms with Crippen molar-refractivity contribution in [2.24, 2.45) is 0 Å². The fourth-order valence-corrected chi connectivity index (χ4v) is 2.55. The molecular weight excluding hydrogens is 342 g/mol. The number of hydrogen-bond acceptors (Lipinski definition) is 3. The lowest BCUT2D eigenvalue weighted by Crippen LogP contribution is -3.11. The summed E-state index contributed by atoms with van der Waals surface area (Å²) in [5.41, 5.74) is 1.11. The van der Waals surface area contributed by atoms with E-state index in [2.05, 4.69) is 43.5 Å². The Labute approximate surface area is 163 Å². The molecule has 0 heterocycles. The second kappa shape index (κ2) is 9.74. The Morgan fingerprint density at radius 3 is 2.04 bits per heavy atom. The number of ether oxygens (including phenoxy) is 1. The topological polar surface area (TPSA) is 71.9 Å². The lowest BCUT2D eigenvalue weighted by Gasteiger charge is -2.21. The standard InChI is InChI=1S/C21H35N3O3/c1-20(2,3)16-8-10-17(11-9-16)27-13-12-22-18(25)14-24(7)15-19(26)23-21(4,5)6/h8-11H,12-15H2,1-7H3,(H,22,25)(H,23,26)/p+1. The Bertz CT molecular complexity index is 613. The van der Waals surface area contributed by atoms with Crippen molar-refractivity contribution < 1.29 is 19.2 Å². The van der Waals surface area contributed by atoms with Crippen molar-refractivity contribution in [1.29, 1.82) is 0 Å². The van der Waals surface area contributed by atoms with Crippen LogP contribution < -0.4 is 20.3 Å². The van der Waals surface area contributed by atoms with Gasteiger partial charge in [-0.15, -0.1) is 0 Å². The summed E-state index contributed by atoms with van der Waals surface area (Å²) in [7, 11) is 1.83. The number of nitrogens with one attached hydrogen (secondary N) is 3. The highest BCUT2D eigenvalue weighted by Gasteiger charge is 2.18. The second-order valence-corrected chi connectivity index (χ2v) is 9.08. The molecule has 6 nitrogen and oxygen atoms in total. The molecule has 1 atom stereocenters. The van der Waals surface area contributed by atoms with Crippen molar-refractivity contribution in [3.8, 4) is 5.75 Å². The summed E-state index contributed by atoms with van der Waals surface area (Å²) in [5.74, 6) is 0.636. The number of rotatable bonds is 8. The minimum atomic E-state index is -0.262. The largest absolute Gasteiger partial charge is 0.492 e. The van der Waals surface area contributed by atoms with Crippen molar-refractivity contribution in [2.75, 3.05) is 33.3 Å². The van der Waals surface area contributed by atoms with Gasteiger partial charge in [0.1, 0.15) is 12.4 Å². The average Bonchev–Trinajstić information content (AvgIpc) is 2.49. The zero-order valence-corrected chi connectivity index (χ0v) is 17.9. The molecule has 0 saturated carbocycles. The zero-order valence-electron chi connectivity index (χ0n) is 17.9. The van der Waals surface area contributed by atoms with E-state index < -0.39 is 0 Å². The van der Waals surface area contributed by atoms with Gasteiger partial charge in [-0.2, -0.15) is 0 Å². The maximum atomic E-state index is 12.0. The third-order valence-corrected chi connectivity index (χ3v) is 3.85. The third kappa shape index (κ3) is 9.99. The smallest absolute Gasteiger partial charge is 0.275 e. The first-order valence-electron chi connectivity index (χ1n) is 9.49. The highest BCUT2D eigenvalue weighted by molar-refractivity contribution is 5.79. The minimum absolute atomic E-state index is 0.0603. The molecule has 6 heteroatoms. The summed E-state index contributed by atoms with van der Waals surface area (Å²) in [6, 6.07) is 8.03. The van der Waals surface area contributed by atoms with Crippen molar-refractivity contribution in [3.63, 3.8) is 0 Å². The monoisotopic (exact) mass is 378 g/mol. The lowest BCUT2D eigenvalue weighted by molar-refractivity contribution is -0.862. The Morgan fingerprint density at radius 1 is 0.963 bits per heavy atom. The highest BCUT2D eigenvalue weighted by Crippen LogP contribution is 2.24. The molecule has 0 aliphatic rings. The molecule has 0 aliphatic carbocycles. The molecule has 0 aliphatic heterocycles. The molecule has 2 amide bonds. The fraction of sp³-hybridized carbons (Fsp3) is 0.619. The predicted octanol–water partition coefficient (Wildman–Crippen LogP) is 0.909. The highest BCUT2D eigenvalue weighted by atomic mass is 16.5. The van der Waals surface area contributed by atoms with Crippen LogP contribution in [0.1, 0.15) is 47.1 Å². The van der Waals surface area contributed by atoms with E-state index in [1.54, 1.807) is 0 Å². The van der Waals surface area contributed by atoms with Gasteiger partial charge in [-0.05, 0) is 43.9 Å². The van der Waals surface area contributed by atoms with Crippen molar-refractivity contribution in [3.05, 3.63) is 29.8 Å². The van der Waals surface area contributed by atoms with Crippen LogP contribution in [0.25, 0.3) is 0 Å². The van der Waals surface area contributed by atoms with Crippen molar-refractivity contribution >= 4 is 11.8 Å². The number of benzene rings is 1. The van der Waals surface area contributed by atoms with Gasteiger partial charge in [0.25, 0.3) is 11.8 Å². The first-order chi connectivity index (χ1) is 12.4. The number of quaternary nitrogens is 1. The molecule has 1 rings (SSSR count). The number of likely N-dealkylation sites (N-methyl/N-ethyl adjacent to an activating group) is 1. The average molecular weight is 379 g/mol. The normalized spacial score (nSPS) is 13.0. The van der Waals surface area contributed by atoms with E-state index in [0.717, 1.165) is 10.6 Å². The number of carbonyl (C=O) groups is 2. The van der Waals surface area contributed by atoms with E-state index in [1.165, 1.54) is 5.56 Å². The van der Waals surface area contributed by atoms with E-state index >= 15 is 0 Å². The van der Waals surface area contributed by atoms with Crippen LogP contribution in [0.3, 0.4) is 0 Å². The fourth-order valence-electron chi connectivity index (χ4n) is 2.55. The Balaban J connectivity index is 2.26. The summed E-state index contributed by atoms with van der Waals surface area (Å²) >= 11 is 0. The first-order valence-corrected chi connectivity index (χ1v) is 9.49. The molecule has 0 radical (unpaired) electrons. The van der Waals surface area contributed by atoms with Crippen molar-refractivity contribution in [2.45, 2.75) is 52.5 Å². The van der Waals surface area contributed by atoms with E-state index in [0.29, 0.717) is 13.2 Å². The number of carbonyl (C=O) groups excluding carboxylic acids is 2. The molecule has 0 saturated heterocycles. The first kappa shape index (κ1) is 23.0. The molecule has 152 valence electrons. The Kier molecular flexibility index (Phi) is 8.28. The van der Waals surface area contributed by atoms with E-state index in [-0.39, 0.29) is 35.9 Å². The summed E-state index contributed by atoms with van der Waals surface area (Å²) < 4.78 is 5.66. The molecule has 0 fully saturated rings. The molecule has 3 N–H and O–H groups in total. The minimum Gasteiger partial charge on any atom is -0.492 e. The van der Waals surface area contributed by atoms with Gasteiger partial charge in [0, 0.05) is 5.54 Å². The molecule has 27 heavy (non-hydrogen) atoms.